The lowest BCUT2D eigenvalue weighted by atomic mass is 9.67. The number of carbonyl (C=O) groups is 2. The number of carbonyl (C=O) groups excluding carboxylic acids is 2. The summed E-state index contributed by atoms with van der Waals surface area (Å²) in [6.45, 7) is 10.6. The quantitative estimate of drug-likeness (QED) is 0.150. The van der Waals surface area contributed by atoms with Crippen LogP contribution in [-0.2, 0) is 47.5 Å². The molecule has 11 heteroatoms. The highest BCUT2D eigenvalue weighted by Crippen LogP contribution is 2.57. The maximum absolute atomic E-state index is 14.9. The number of allylic oxidation sites excluding steroid dienone is 4. The molecule has 0 aromatic rings. The van der Waals surface area contributed by atoms with Crippen LogP contribution in [0.15, 0.2) is 23.3 Å². The molecule has 3 saturated heterocycles. The Bertz CT molecular complexity index is 1380. The molecule has 6 rings (SSSR count). The number of cyclic esters (lactones) is 1. The fourth-order valence-corrected chi connectivity index (χ4v) is 11.4. The average Bonchev–Trinajstić information content (AvgIpc) is 3.76. The smallest absolute Gasteiger partial charge is 0.306 e. The van der Waals surface area contributed by atoms with Gasteiger partial charge in [-0.1, -0.05) is 51.8 Å². The van der Waals surface area contributed by atoms with Gasteiger partial charge in [-0.2, -0.15) is 0 Å². The summed E-state index contributed by atoms with van der Waals surface area (Å²) in [5.41, 5.74) is 2.18. The first-order chi connectivity index (χ1) is 27.0. The van der Waals surface area contributed by atoms with Gasteiger partial charge < -0.3 is 42.8 Å². The van der Waals surface area contributed by atoms with Gasteiger partial charge in [0.1, 0.15) is 24.4 Å². The Hall–Kier alpha value is -1.70. The number of hydrogen-bond acceptors (Lipinski definition) is 11. The molecule has 0 amide bonds. The largest absolute Gasteiger partial charge is 0.462 e. The van der Waals surface area contributed by atoms with E-state index in [2.05, 4.69) is 58.8 Å². The minimum absolute atomic E-state index is 0.0351. The molecule has 0 N–H and O–H groups in total. The van der Waals surface area contributed by atoms with Crippen molar-refractivity contribution in [2.24, 2.45) is 35.5 Å². The molecule has 11 nitrogen and oxygen atoms in total. The number of Topliss-reactive ketones (excluding diaryl/α,β-unsaturated/α-hetero) is 1. The predicted molar refractivity (Wildman–Crippen MR) is 213 cm³/mol. The monoisotopic (exact) mass is 788 g/mol. The highest BCUT2D eigenvalue weighted by Gasteiger charge is 2.54. The van der Waals surface area contributed by atoms with E-state index in [1.54, 1.807) is 21.3 Å². The van der Waals surface area contributed by atoms with Crippen molar-refractivity contribution in [2.75, 3.05) is 35.4 Å². The Kier molecular flexibility index (Phi) is 15.3. The summed E-state index contributed by atoms with van der Waals surface area (Å²) in [6.07, 6.45) is 11.5. The Morgan fingerprint density at radius 1 is 0.821 bits per heavy atom. The summed E-state index contributed by atoms with van der Waals surface area (Å²) >= 11 is 0. The van der Waals surface area contributed by atoms with Gasteiger partial charge in [-0.3, -0.25) is 9.59 Å². The maximum atomic E-state index is 14.9. The molecule has 3 aliphatic heterocycles. The average molecular weight is 788 g/mol. The molecule has 14 unspecified atom stereocenters. The Morgan fingerprint density at radius 2 is 1.57 bits per heavy atom. The van der Waals surface area contributed by atoms with Crippen LogP contribution in [0.4, 0.5) is 0 Å². The molecule has 318 valence electrons. The topological polar surface area (TPSA) is 111 Å². The first kappa shape index (κ1) is 43.9. The van der Waals surface area contributed by atoms with E-state index in [1.807, 2.05) is 6.92 Å². The van der Waals surface area contributed by atoms with Crippen molar-refractivity contribution in [3.63, 3.8) is 0 Å². The molecule has 0 aromatic heterocycles. The van der Waals surface area contributed by atoms with Gasteiger partial charge in [0.25, 0.3) is 0 Å². The summed E-state index contributed by atoms with van der Waals surface area (Å²) in [5.74, 6) is 0.0561. The van der Waals surface area contributed by atoms with Gasteiger partial charge in [0.05, 0.1) is 30.8 Å². The van der Waals surface area contributed by atoms with Crippen LogP contribution >= 0.6 is 0 Å². The van der Waals surface area contributed by atoms with E-state index >= 15 is 0 Å². The molecule has 56 heavy (non-hydrogen) atoms. The SMILES string of the molecule is CCCC1CCCC(OC2CC[C@@H](N(C)C)[C@@H](C)O2)C(C)C(=O)C2=CC3C(C=C(CC)C4CC(OC5O[C@@H](CC)C(OC)C(OC)C5OC)CC43)C2CC(=O)O1. The first-order valence-corrected chi connectivity index (χ1v) is 22.0. The molecular weight excluding hydrogens is 714 g/mol. The van der Waals surface area contributed by atoms with Gasteiger partial charge in [-0.25, -0.2) is 0 Å². The number of rotatable bonds is 12. The van der Waals surface area contributed by atoms with Crippen molar-refractivity contribution in [1.29, 1.82) is 0 Å². The number of esters is 1. The number of nitrogens with zero attached hydrogens (tertiary/aromatic N) is 1. The van der Waals surface area contributed by atoms with Crippen LogP contribution in [-0.4, -0.2) is 120 Å². The van der Waals surface area contributed by atoms with Crippen LogP contribution in [0.3, 0.4) is 0 Å². The number of methoxy groups -OCH3 is 3. The minimum atomic E-state index is -0.594. The van der Waals surface area contributed by atoms with Crippen LogP contribution in [0.5, 0.6) is 0 Å². The van der Waals surface area contributed by atoms with Crippen molar-refractivity contribution in [3.8, 4) is 0 Å². The van der Waals surface area contributed by atoms with Crippen molar-refractivity contribution in [2.45, 2.75) is 179 Å². The van der Waals surface area contributed by atoms with E-state index in [1.165, 1.54) is 5.57 Å². The summed E-state index contributed by atoms with van der Waals surface area (Å²) in [4.78, 5) is 30.9. The second kappa shape index (κ2) is 19.6. The Balaban J connectivity index is 1.26. The van der Waals surface area contributed by atoms with Crippen molar-refractivity contribution >= 4 is 11.8 Å². The van der Waals surface area contributed by atoms with Crippen LogP contribution in [0.2, 0.25) is 0 Å². The molecule has 6 aliphatic rings. The van der Waals surface area contributed by atoms with Crippen molar-refractivity contribution in [1.82, 2.24) is 4.90 Å². The van der Waals surface area contributed by atoms with Crippen LogP contribution in [0, 0.1) is 35.5 Å². The van der Waals surface area contributed by atoms with Gasteiger partial charge in [-0.05, 0) is 114 Å². The van der Waals surface area contributed by atoms with E-state index in [4.69, 9.17) is 37.9 Å². The van der Waals surface area contributed by atoms with E-state index in [0.29, 0.717) is 18.4 Å². The molecule has 1 saturated carbocycles. The number of likely N-dealkylation sites (N-methyl/N-ethyl adjacent to an activating group) is 1. The highest BCUT2D eigenvalue weighted by molar-refractivity contribution is 5.99. The van der Waals surface area contributed by atoms with Gasteiger partial charge in [-0.15, -0.1) is 0 Å². The molecule has 3 aliphatic carbocycles. The number of hydrogen-bond donors (Lipinski definition) is 0. The lowest BCUT2D eigenvalue weighted by molar-refractivity contribution is -0.317. The number of fused-ring (bicyclic) bond motifs is 5. The van der Waals surface area contributed by atoms with Crippen molar-refractivity contribution < 1.29 is 47.5 Å². The molecule has 0 aromatic carbocycles. The standard InChI is InChI=1S/C45H73NO10/c1-11-15-28-16-14-17-38(55-40-19-18-36(46(6)7)26(5)52-40)25(4)41(48)35-23-33-31(34(35)24-39(47)53-28)20-27(12-2)30-21-29(22-32(30)33)54-45-44(51-10)43(50-9)42(49-8)37(13-3)56-45/h20,23,25-26,28-34,36-38,40,42-45H,11-19,21-22,24H2,1-10H3/t25?,26-,28?,29?,30?,31?,32?,33?,34?,36-,37+,38?,40?,42?,43?,44?,45?/m1/s1. The third-order valence-corrected chi connectivity index (χ3v) is 14.3. The summed E-state index contributed by atoms with van der Waals surface area (Å²) in [5, 5.41) is 0. The van der Waals surface area contributed by atoms with E-state index < -0.39 is 12.4 Å². The highest BCUT2D eigenvalue weighted by atomic mass is 16.7. The molecular formula is C45H73NO10. The molecule has 0 spiro atoms. The van der Waals surface area contributed by atoms with Gasteiger partial charge in [0, 0.05) is 39.2 Å². The second-order valence-electron chi connectivity index (χ2n) is 17.8. The Morgan fingerprint density at radius 3 is 2.21 bits per heavy atom. The van der Waals surface area contributed by atoms with Crippen LogP contribution in [0.1, 0.15) is 112 Å². The second-order valence-corrected chi connectivity index (χ2v) is 17.8. The van der Waals surface area contributed by atoms with Gasteiger partial charge in [0.2, 0.25) is 0 Å². The van der Waals surface area contributed by atoms with Gasteiger partial charge in [0.15, 0.2) is 18.4 Å². The summed E-state index contributed by atoms with van der Waals surface area (Å²) < 4.78 is 50.5. The van der Waals surface area contributed by atoms with E-state index in [9.17, 15) is 9.59 Å². The molecule has 3 heterocycles. The van der Waals surface area contributed by atoms with Gasteiger partial charge >= 0.3 is 5.97 Å². The molecule has 0 bridgehead atoms. The zero-order valence-electron chi connectivity index (χ0n) is 36.0. The van der Waals surface area contributed by atoms with E-state index in [0.717, 1.165) is 69.8 Å². The summed E-state index contributed by atoms with van der Waals surface area (Å²) in [7, 11) is 9.24. The molecule has 17 atom stereocenters. The van der Waals surface area contributed by atoms with Crippen LogP contribution < -0.4 is 0 Å². The lowest BCUT2D eigenvalue weighted by Gasteiger charge is -2.45. The fraction of sp³-hybridized carbons (Fsp3) is 0.867. The van der Waals surface area contributed by atoms with Crippen molar-refractivity contribution in [3.05, 3.63) is 23.3 Å². The Labute approximate surface area is 336 Å². The molecule has 0 radical (unpaired) electrons. The fourth-order valence-electron chi connectivity index (χ4n) is 11.4. The first-order valence-electron chi connectivity index (χ1n) is 22.0. The maximum Gasteiger partial charge on any atom is 0.306 e. The number of ketones is 1. The normalized spacial score (nSPS) is 43.5. The predicted octanol–water partition coefficient (Wildman–Crippen LogP) is 7.05. The van der Waals surface area contributed by atoms with Crippen LogP contribution in [0.25, 0.3) is 0 Å². The zero-order chi connectivity index (χ0) is 40.3. The van der Waals surface area contributed by atoms with E-state index in [-0.39, 0.29) is 96.8 Å². The number of ether oxygens (including phenoxy) is 8. The third kappa shape index (κ3) is 9.20. The lowest BCUT2D eigenvalue weighted by Crippen LogP contribution is -2.60. The minimum Gasteiger partial charge on any atom is -0.462 e. The third-order valence-electron chi connectivity index (χ3n) is 14.3. The summed E-state index contributed by atoms with van der Waals surface area (Å²) in [6, 6.07) is 0.336. The molecule has 4 fully saturated rings. The zero-order valence-corrected chi connectivity index (χ0v) is 36.0.